The highest BCUT2D eigenvalue weighted by Gasteiger charge is 2.52. The highest BCUT2D eigenvalue weighted by Crippen LogP contribution is 2.62. The maximum atomic E-state index is 9.62. The summed E-state index contributed by atoms with van der Waals surface area (Å²) >= 11 is 0. The standard InChI is InChI=1S/C17H19NO/c18-11-15(7-16-2-1-3-19-16)17-8-12-4-13(9-17)6-14(5-12)10-17/h1-3,7,12-14H,4-6,8-10H2/b15-7+. The van der Waals surface area contributed by atoms with Crippen LogP contribution in [0.15, 0.2) is 28.4 Å². The molecule has 98 valence electrons. The Bertz CT molecular complexity index is 511. The summed E-state index contributed by atoms with van der Waals surface area (Å²) in [6.07, 6.45) is 11.6. The molecule has 0 aliphatic heterocycles. The van der Waals surface area contributed by atoms with Gasteiger partial charge in [-0.2, -0.15) is 5.26 Å². The quantitative estimate of drug-likeness (QED) is 0.732. The van der Waals surface area contributed by atoms with Gasteiger partial charge in [-0.25, -0.2) is 0 Å². The topological polar surface area (TPSA) is 36.9 Å². The zero-order chi connectivity index (χ0) is 12.9. The Morgan fingerprint density at radius 1 is 1.21 bits per heavy atom. The summed E-state index contributed by atoms with van der Waals surface area (Å²) in [6.45, 7) is 0. The molecule has 2 nitrogen and oxygen atoms in total. The van der Waals surface area contributed by atoms with Crippen molar-refractivity contribution in [2.75, 3.05) is 0 Å². The summed E-state index contributed by atoms with van der Waals surface area (Å²) in [4.78, 5) is 0. The number of rotatable bonds is 2. The van der Waals surface area contributed by atoms with Crippen molar-refractivity contribution in [2.45, 2.75) is 38.5 Å². The third-order valence-corrected chi connectivity index (χ3v) is 5.56. The molecular formula is C17H19NO. The largest absolute Gasteiger partial charge is 0.465 e. The third kappa shape index (κ3) is 1.75. The van der Waals surface area contributed by atoms with Gasteiger partial charge >= 0.3 is 0 Å². The van der Waals surface area contributed by atoms with Gasteiger partial charge in [0.1, 0.15) is 5.76 Å². The molecule has 4 bridgehead atoms. The first kappa shape index (κ1) is 11.3. The van der Waals surface area contributed by atoms with Crippen molar-refractivity contribution in [1.29, 1.82) is 5.26 Å². The van der Waals surface area contributed by atoms with Crippen molar-refractivity contribution in [3.63, 3.8) is 0 Å². The molecule has 4 aliphatic rings. The lowest BCUT2D eigenvalue weighted by Gasteiger charge is -2.56. The number of furan rings is 1. The van der Waals surface area contributed by atoms with Crippen molar-refractivity contribution in [3.05, 3.63) is 29.7 Å². The molecule has 0 radical (unpaired) electrons. The summed E-state index contributed by atoms with van der Waals surface area (Å²) < 4.78 is 5.40. The van der Waals surface area contributed by atoms with Crippen LogP contribution in [0.3, 0.4) is 0 Å². The van der Waals surface area contributed by atoms with E-state index in [2.05, 4.69) is 6.07 Å². The molecule has 4 fully saturated rings. The van der Waals surface area contributed by atoms with Crippen molar-refractivity contribution >= 4 is 6.08 Å². The van der Waals surface area contributed by atoms with Gasteiger partial charge in [0.05, 0.1) is 12.3 Å². The van der Waals surface area contributed by atoms with Gasteiger partial charge in [0.2, 0.25) is 0 Å². The zero-order valence-corrected chi connectivity index (χ0v) is 11.1. The van der Waals surface area contributed by atoms with Gasteiger partial charge in [0.25, 0.3) is 0 Å². The van der Waals surface area contributed by atoms with E-state index in [1.807, 2.05) is 18.2 Å². The van der Waals surface area contributed by atoms with E-state index < -0.39 is 0 Å². The fourth-order valence-electron chi connectivity index (χ4n) is 5.26. The average molecular weight is 253 g/mol. The Balaban J connectivity index is 1.72. The van der Waals surface area contributed by atoms with Crippen LogP contribution < -0.4 is 0 Å². The SMILES string of the molecule is N#C/C(=C\c1ccco1)C12CC3CC(CC(C3)C1)C2. The molecule has 4 saturated carbocycles. The number of hydrogen-bond donors (Lipinski definition) is 0. The van der Waals surface area contributed by atoms with E-state index >= 15 is 0 Å². The second kappa shape index (κ2) is 4.00. The lowest BCUT2D eigenvalue weighted by atomic mass is 9.48. The van der Waals surface area contributed by atoms with Crippen LogP contribution in [0.5, 0.6) is 0 Å². The molecule has 1 aromatic rings. The highest BCUT2D eigenvalue weighted by atomic mass is 16.3. The van der Waals surface area contributed by atoms with E-state index in [4.69, 9.17) is 4.42 Å². The van der Waals surface area contributed by atoms with Crippen molar-refractivity contribution in [2.24, 2.45) is 23.2 Å². The Morgan fingerprint density at radius 2 is 1.84 bits per heavy atom. The van der Waals surface area contributed by atoms with Crippen LogP contribution in [0.1, 0.15) is 44.3 Å². The molecule has 0 amide bonds. The Labute approximate surface area is 114 Å². The first-order valence-corrected chi connectivity index (χ1v) is 7.43. The maximum Gasteiger partial charge on any atom is 0.127 e. The second-order valence-corrected chi connectivity index (χ2v) is 6.88. The summed E-state index contributed by atoms with van der Waals surface area (Å²) in [5.41, 5.74) is 1.15. The van der Waals surface area contributed by atoms with E-state index in [-0.39, 0.29) is 5.41 Å². The second-order valence-electron chi connectivity index (χ2n) is 6.88. The Hall–Kier alpha value is -1.49. The molecule has 1 heterocycles. The Kier molecular flexibility index (Phi) is 2.39. The smallest absolute Gasteiger partial charge is 0.127 e. The fraction of sp³-hybridized carbons (Fsp3) is 0.588. The molecule has 0 atom stereocenters. The van der Waals surface area contributed by atoms with E-state index in [1.54, 1.807) is 6.26 Å². The van der Waals surface area contributed by atoms with Crippen LogP contribution in [0, 0.1) is 34.5 Å². The van der Waals surface area contributed by atoms with Crippen LogP contribution in [0.25, 0.3) is 6.08 Å². The van der Waals surface area contributed by atoms with Crippen LogP contribution in [-0.2, 0) is 0 Å². The van der Waals surface area contributed by atoms with Crippen molar-refractivity contribution in [3.8, 4) is 6.07 Å². The molecule has 1 aromatic heterocycles. The zero-order valence-electron chi connectivity index (χ0n) is 11.1. The molecule has 0 saturated heterocycles. The van der Waals surface area contributed by atoms with Gasteiger partial charge in [0.15, 0.2) is 0 Å². The molecule has 0 unspecified atom stereocenters. The van der Waals surface area contributed by atoms with E-state index in [0.29, 0.717) is 0 Å². The van der Waals surface area contributed by atoms with Crippen molar-refractivity contribution in [1.82, 2.24) is 0 Å². The minimum atomic E-state index is 0.177. The summed E-state index contributed by atoms with van der Waals surface area (Å²) in [6, 6.07) is 6.33. The van der Waals surface area contributed by atoms with Gasteiger partial charge in [-0.05, 0) is 74.5 Å². The maximum absolute atomic E-state index is 9.62. The van der Waals surface area contributed by atoms with Gasteiger partial charge in [-0.1, -0.05) is 0 Å². The van der Waals surface area contributed by atoms with Gasteiger partial charge in [-0.15, -0.1) is 0 Å². The molecule has 2 heteroatoms. The molecule has 0 aromatic carbocycles. The van der Waals surface area contributed by atoms with Crippen molar-refractivity contribution < 1.29 is 4.42 Å². The summed E-state index contributed by atoms with van der Waals surface area (Å²) in [5.74, 6) is 3.45. The molecule has 0 spiro atoms. The first-order chi connectivity index (χ1) is 9.27. The normalized spacial score (nSPS) is 40.4. The van der Waals surface area contributed by atoms with E-state index in [0.717, 1.165) is 29.1 Å². The van der Waals surface area contributed by atoms with E-state index in [1.165, 1.54) is 38.5 Å². The van der Waals surface area contributed by atoms with Crippen LogP contribution >= 0.6 is 0 Å². The Morgan fingerprint density at radius 3 is 2.32 bits per heavy atom. The molecular weight excluding hydrogens is 234 g/mol. The minimum absolute atomic E-state index is 0.177. The first-order valence-electron chi connectivity index (χ1n) is 7.43. The lowest BCUT2D eigenvalue weighted by Crippen LogP contribution is -2.46. The highest BCUT2D eigenvalue weighted by molar-refractivity contribution is 5.55. The van der Waals surface area contributed by atoms with E-state index in [9.17, 15) is 5.26 Å². The van der Waals surface area contributed by atoms with Crippen LogP contribution in [0.4, 0.5) is 0 Å². The van der Waals surface area contributed by atoms with Gasteiger partial charge in [-0.3, -0.25) is 0 Å². The fourth-order valence-corrected chi connectivity index (χ4v) is 5.26. The molecule has 5 rings (SSSR count). The summed E-state index contributed by atoms with van der Waals surface area (Å²) in [5, 5.41) is 9.62. The van der Waals surface area contributed by atoms with Crippen LogP contribution in [0.2, 0.25) is 0 Å². The lowest BCUT2D eigenvalue weighted by molar-refractivity contribution is -0.0275. The predicted molar refractivity (Wildman–Crippen MR) is 72.9 cm³/mol. The molecule has 4 aliphatic carbocycles. The molecule has 0 N–H and O–H groups in total. The number of hydrogen-bond acceptors (Lipinski definition) is 2. The molecule has 19 heavy (non-hydrogen) atoms. The van der Waals surface area contributed by atoms with Gasteiger partial charge < -0.3 is 4.42 Å². The number of allylic oxidation sites excluding steroid dienone is 1. The predicted octanol–water partition coefficient (Wildman–Crippen LogP) is 4.40. The van der Waals surface area contributed by atoms with Crippen LogP contribution in [-0.4, -0.2) is 0 Å². The van der Waals surface area contributed by atoms with Gasteiger partial charge in [0, 0.05) is 11.0 Å². The minimum Gasteiger partial charge on any atom is -0.465 e. The monoisotopic (exact) mass is 253 g/mol. The average Bonchev–Trinajstić information content (AvgIpc) is 2.87. The summed E-state index contributed by atoms with van der Waals surface area (Å²) in [7, 11) is 0. The number of nitriles is 1. The number of nitrogens with zero attached hydrogens (tertiary/aromatic N) is 1. The third-order valence-electron chi connectivity index (χ3n) is 5.56.